The number of carbonyl (C=O) groups excluding carboxylic acids is 1. The van der Waals surface area contributed by atoms with Crippen molar-refractivity contribution >= 4 is 33.4 Å². The van der Waals surface area contributed by atoms with E-state index in [0.29, 0.717) is 11.8 Å². The van der Waals surface area contributed by atoms with Gasteiger partial charge in [0.1, 0.15) is 0 Å². The van der Waals surface area contributed by atoms with Gasteiger partial charge in [0.25, 0.3) is 0 Å². The zero-order valence-corrected chi connectivity index (χ0v) is 23.3. The SMILES string of the molecule is CC.NCC1CCN(C(=O)C2CCN(C3c4ccc(Cl)cc4CCc4cc(Br)cnc43)CC2)CC1. The Balaban J connectivity index is 0.00000141. The smallest absolute Gasteiger partial charge is 0.225 e. The Labute approximate surface area is 223 Å². The summed E-state index contributed by atoms with van der Waals surface area (Å²) in [4.78, 5) is 22.7. The first-order valence-corrected chi connectivity index (χ1v) is 14.4. The molecule has 0 spiro atoms. The molecule has 0 saturated carbocycles. The monoisotopic (exact) mass is 560 g/mol. The van der Waals surface area contributed by atoms with Crippen LogP contribution in [0.4, 0.5) is 0 Å². The third-order valence-electron chi connectivity index (χ3n) is 7.79. The summed E-state index contributed by atoms with van der Waals surface area (Å²) in [6.45, 7) is 8.27. The topological polar surface area (TPSA) is 62.5 Å². The Hall–Kier alpha value is -1.47. The van der Waals surface area contributed by atoms with Crippen LogP contribution in [0.1, 0.15) is 68.0 Å². The van der Waals surface area contributed by atoms with E-state index in [1.165, 1.54) is 16.7 Å². The van der Waals surface area contributed by atoms with Crippen LogP contribution in [0.25, 0.3) is 0 Å². The number of aryl methyl sites for hydroxylation is 2. The fourth-order valence-electron chi connectivity index (χ4n) is 5.83. The Morgan fingerprint density at radius 2 is 1.74 bits per heavy atom. The molecule has 0 radical (unpaired) electrons. The van der Waals surface area contributed by atoms with Crippen LogP contribution in [0, 0.1) is 11.8 Å². The number of aromatic nitrogens is 1. The minimum absolute atomic E-state index is 0.110. The Bertz CT molecular complexity index is 963. The molecule has 2 saturated heterocycles. The van der Waals surface area contributed by atoms with Crippen LogP contribution < -0.4 is 5.73 Å². The summed E-state index contributed by atoms with van der Waals surface area (Å²) >= 11 is 9.96. The van der Waals surface area contributed by atoms with Crippen LogP contribution in [-0.2, 0) is 17.6 Å². The van der Waals surface area contributed by atoms with Crippen molar-refractivity contribution in [2.45, 2.75) is 58.4 Å². The highest BCUT2D eigenvalue weighted by Crippen LogP contribution is 2.39. The Kier molecular flexibility index (Phi) is 9.25. The number of hydrogen-bond acceptors (Lipinski definition) is 4. The maximum absolute atomic E-state index is 13.2. The van der Waals surface area contributed by atoms with Crippen molar-refractivity contribution in [2.75, 3.05) is 32.7 Å². The van der Waals surface area contributed by atoms with Gasteiger partial charge in [0.05, 0.1) is 11.7 Å². The van der Waals surface area contributed by atoms with E-state index in [2.05, 4.69) is 43.9 Å². The molecule has 1 aliphatic carbocycles. The van der Waals surface area contributed by atoms with Crippen molar-refractivity contribution < 1.29 is 4.79 Å². The lowest BCUT2D eigenvalue weighted by molar-refractivity contribution is -0.138. The van der Waals surface area contributed by atoms with E-state index < -0.39 is 0 Å². The van der Waals surface area contributed by atoms with Crippen LogP contribution in [0.5, 0.6) is 0 Å². The highest BCUT2D eigenvalue weighted by Gasteiger charge is 2.36. The van der Waals surface area contributed by atoms with Gasteiger partial charge in [-0.25, -0.2) is 0 Å². The second kappa shape index (κ2) is 12.2. The lowest BCUT2D eigenvalue weighted by Crippen LogP contribution is -2.46. The van der Waals surface area contributed by atoms with Crippen LogP contribution in [0.3, 0.4) is 0 Å². The minimum Gasteiger partial charge on any atom is -0.342 e. The van der Waals surface area contributed by atoms with Gasteiger partial charge in [-0.1, -0.05) is 31.5 Å². The standard InChI is InChI=1S/C26H32BrClN4O.C2H6/c27-21-13-20-2-1-19-14-22(28)3-4-23(19)25(24(20)30-16-21)31-11-7-18(8-12-31)26(33)32-9-5-17(15-29)6-10-32;1-2/h3-4,13-14,16-18,25H,1-2,5-12,15,29H2;1-2H3. The molecule has 2 aliphatic heterocycles. The van der Waals surface area contributed by atoms with Gasteiger partial charge in [-0.15, -0.1) is 0 Å². The van der Waals surface area contributed by atoms with Gasteiger partial charge < -0.3 is 10.6 Å². The summed E-state index contributed by atoms with van der Waals surface area (Å²) in [5.41, 5.74) is 10.9. The average molecular weight is 562 g/mol. The molecule has 1 amide bonds. The molecule has 35 heavy (non-hydrogen) atoms. The van der Waals surface area contributed by atoms with Crippen molar-refractivity contribution in [1.29, 1.82) is 0 Å². The molecule has 5 rings (SSSR count). The van der Waals surface area contributed by atoms with Crippen LogP contribution in [-0.4, -0.2) is 53.4 Å². The number of fused-ring (bicyclic) bond motifs is 2. The second-order valence-corrected chi connectivity index (χ2v) is 11.1. The molecule has 190 valence electrons. The molecule has 1 atom stereocenters. The molecule has 1 unspecified atom stereocenters. The molecule has 2 N–H and O–H groups in total. The number of likely N-dealkylation sites (tertiary alicyclic amines) is 2. The summed E-state index contributed by atoms with van der Waals surface area (Å²) < 4.78 is 1.02. The zero-order chi connectivity index (χ0) is 24.9. The molecule has 7 heteroatoms. The van der Waals surface area contributed by atoms with E-state index in [4.69, 9.17) is 22.3 Å². The molecule has 2 fully saturated rings. The molecular weight excluding hydrogens is 524 g/mol. The molecule has 3 aliphatic rings. The number of piperidine rings is 2. The van der Waals surface area contributed by atoms with E-state index >= 15 is 0 Å². The van der Waals surface area contributed by atoms with E-state index in [9.17, 15) is 4.79 Å². The van der Waals surface area contributed by atoms with Gasteiger partial charge in [-0.3, -0.25) is 14.7 Å². The summed E-state index contributed by atoms with van der Waals surface area (Å²) in [6.07, 6.45) is 7.72. The summed E-state index contributed by atoms with van der Waals surface area (Å²) in [5.74, 6) is 1.05. The van der Waals surface area contributed by atoms with Gasteiger partial charge in [-0.05, 0) is 115 Å². The predicted octanol–water partition coefficient (Wildman–Crippen LogP) is 5.62. The summed E-state index contributed by atoms with van der Waals surface area (Å²) in [7, 11) is 0. The molecule has 0 bridgehead atoms. The third kappa shape index (κ3) is 5.93. The first-order valence-electron chi connectivity index (χ1n) is 13.2. The lowest BCUT2D eigenvalue weighted by Gasteiger charge is -2.40. The number of nitrogens with zero attached hydrogens (tertiary/aromatic N) is 3. The number of pyridine rings is 1. The molecule has 1 aromatic heterocycles. The van der Waals surface area contributed by atoms with Gasteiger partial charge in [0.15, 0.2) is 0 Å². The average Bonchev–Trinajstić information content (AvgIpc) is 3.06. The van der Waals surface area contributed by atoms with Gasteiger partial charge in [0.2, 0.25) is 5.91 Å². The second-order valence-electron chi connectivity index (χ2n) is 9.76. The molecular formula is C28H38BrClN4O. The highest BCUT2D eigenvalue weighted by atomic mass is 79.9. The van der Waals surface area contributed by atoms with Crippen LogP contribution in [0.2, 0.25) is 5.02 Å². The predicted molar refractivity (Wildman–Crippen MR) is 147 cm³/mol. The maximum Gasteiger partial charge on any atom is 0.225 e. The third-order valence-corrected chi connectivity index (χ3v) is 8.46. The molecule has 5 nitrogen and oxygen atoms in total. The quantitative estimate of drug-likeness (QED) is 0.528. The van der Waals surface area contributed by atoms with Gasteiger partial charge in [0, 0.05) is 34.7 Å². The van der Waals surface area contributed by atoms with E-state index in [-0.39, 0.29) is 12.0 Å². The molecule has 3 heterocycles. The van der Waals surface area contributed by atoms with Gasteiger partial charge >= 0.3 is 0 Å². The number of hydrogen-bond donors (Lipinski definition) is 1. The van der Waals surface area contributed by atoms with E-state index in [1.54, 1.807) is 0 Å². The van der Waals surface area contributed by atoms with Crippen molar-refractivity contribution in [3.63, 3.8) is 0 Å². The number of nitrogens with two attached hydrogens (primary N) is 1. The zero-order valence-electron chi connectivity index (χ0n) is 21.0. The number of halogens is 2. The largest absolute Gasteiger partial charge is 0.342 e. The fraction of sp³-hybridized carbons (Fsp3) is 0.571. The van der Waals surface area contributed by atoms with Crippen molar-refractivity contribution in [3.05, 3.63) is 62.3 Å². The Morgan fingerprint density at radius 1 is 1.06 bits per heavy atom. The molecule has 2 aromatic rings. The first-order chi connectivity index (χ1) is 17.0. The normalized spacial score (nSPS) is 21.4. The van der Waals surface area contributed by atoms with E-state index in [0.717, 1.165) is 86.4 Å². The number of benzene rings is 1. The summed E-state index contributed by atoms with van der Waals surface area (Å²) in [5, 5.41) is 0.787. The van der Waals surface area contributed by atoms with Crippen molar-refractivity contribution in [1.82, 2.24) is 14.8 Å². The van der Waals surface area contributed by atoms with Gasteiger partial charge in [-0.2, -0.15) is 0 Å². The number of amides is 1. The Morgan fingerprint density at radius 3 is 2.43 bits per heavy atom. The van der Waals surface area contributed by atoms with Crippen LogP contribution >= 0.6 is 27.5 Å². The first kappa shape index (κ1) is 26.6. The molecule has 1 aromatic carbocycles. The maximum atomic E-state index is 13.2. The van der Waals surface area contributed by atoms with Crippen molar-refractivity contribution in [2.24, 2.45) is 17.6 Å². The summed E-state index contributed by atoms with van der Waals surface area (Å²) in [6, 6.07) is 8.62. The highest BCUT2D eigenvalue weighted by molar-refractivity contribution is 9.10. The van der Waals surface area contributed by atoms with Crippen LogP contribution in [0.15, 0.2) is 34.9 Å². The van der Waals surface area contributed by atoms with E-state index in [1.807, 2.05) is 26.1 Å². The minimum atomic E-state index is 0.110. The fourth-order valence-corrected chi connectivity index (χ4v) is 6.41. The van der Waals surface area contributed by atoms with Crippen molar-refractivity contribution in [3.8, 4) is 0 Å². The lowest BCUT2D eigenvalue weighted by atomic mass is 9.89. The number of carbonyl (C=O) groups is 1. The number of rotatable bonds is 3.